The second-order valence-electron chi connectivity index (χ2n) is 5.47. The van der Waals surface area contributed by atoms with Gasteiger partial charge in [-0.2, -0.15) is 0 Å². The van der Waals surface area contributed by atoms with E-state index < -0.39 is 17.5 Å². The van der Waals surface area contributed by atoms with Crippen LogP contribution in [0.25, 0.3) is 0 Å². The maximum atomic E-state index is 12.5. The van der Waals surface area contributed by atoms with E-state index in [4.69, 9.17) is 0 Å². The first-order chi connectivity index (χ1) is 10.9. The highest BCUT2D eigenvalue weighted by Gasteiger charge is 2.48. The Hall–Kier alpha value is -2.41. The van der Waals surface area contributed by atoms with Crippen molar-refractivity contribution in [2.24, 2.45) is 0 Å². The van der Waals surface area contributed by atoms with Crippen molar-refractivity contribution < 1.29 is 9.59 Å². The zero-order valence-corrected chi connectivity index (χ0v) is 13.9. The third kappa shape index (κ3) is 2.68. The molecule has 0 spiro atoms. The molecule has 1 unspecified atom stereocenters. The van der Waals surface area contributed by atoms with E-state index in [1.165, 1.54) is 4.57 Å². The molecule has 1 aromatic carbocycles. The molecule has 0 aliphatic carbocycles. The summed E-state index contributed by atoms with van der Waals surface area (Å²) in [5.41, 5.74) is 0.0783. The Kier molecular flexibility index (Phi) is 3.81. The molecule has 1 saturated heterocycles. The molecule has 1 atom stereocenters. The van der Waals surface area contributed by atoms with Gasteiger partial charge in [0.15, 0.2) is 5.54 Å². The zero-order chi connectivity index (χ0) is 16.6. The standard InChI is InChI=1S/C16H14BrN3O3/c1-10-4-6-11(7-5-10)16(14(22)18-15(23)19-16)9-20-8-2-3-12(17)13(20)21/h2-8H,9H2,1H3,(H2,18,19,22,23). The molecule has 0 bridgehead atoms. The van der Waals surface area contributed by atoms with Crippen molar-refractivity contribution in [3.63, 3.8) is 0 Å². The number of hydrogen-bond acceptors (Lipinski definition) is 3. The van der Waals surface area contributed by atoms with Crippen molar-refractivity contribution in [2.45, 2.75) is 19.0 Å². The molecule has 3 amide bonds. The summed E-state index contributed by atoms with van der Waals surface area (Å²) in [5, 5.41) is 4.93. The van der Waals surface area contributed by atoms with Crippen LogP contribution < -0.4 is 16.2 Å². The average Bonchev–Trinajstić information content (AvgIpc) is 2.79. The Morgan fingerprint density at radius 3 is 2.43 bits per heavy atom. The highest BCUT2D eigenvalue weighted by atomic mass is 79.9. The number of halogens is 1. The molecule has 1 aliphatic heterocycles. The fourth-order valence-electron chi connectivity index (χ4n) is 2.62. The molecule has 1 fully saturated rings. The van der Waals surface area contributed by atoms with E-state index in [0.717, 1.165) is 5.56 Å². The van der Waals surface area contributed by atoms with E-state index in [2.05, 4.69) is 26.6 Å². The summed E-state index contributed by atoms with van der Waals surface area (Å²) in [6, 6.07) is 10.0. The second kappa shape index (κ2) is 5.66. The van der Waals surface area contributed by atoms with Crippen molar-refractivity contribution in [3.05, 3.63) is 68.5 Å². The first-order valence-corrected chi connectivity index (χ1v) is 7.77. The number of urea groups is 1. The maximum Gasteiger partial charge on any atom is 0.322 e. The van der Waals surface area contributed by atoms with Gasteiger partial charge >= 0.3 is 6.03 Å². The second-order valence-corrected chi connectivity index (χ2v) is 6.32. The van der Waals surface area contributed by atoms with Gasteiger partial charge in [-0.15, -0.1) is 0 Å². The van der Waals surface area contributed by atoms with Crippen LogP contribution in [0, 0.1) is 6.92 Å². The topological polar surface area (TPSA) is 80.2 Å². The minimum atomic E-state index is -1.31. The largest absolute Gasteiger partial charge is 0.322 e. The van der Waals surface area contributed by atoms with Crippen LogP contribution in [0.5, 0.6) is 0 Å². The first-order valence-electron chi connectivity index (χ1n) is 6.98. The maximum absolute atomic E-state index is 12.5. The van der Waals surface area contributed by atoms with Gasteiger partial charge in [0.1, 0.15) is 0 Å². The fraction of sp³-hybridized carbons (Fsp3) is 0.188. The Labute approximate surface area is 140 Å². The van der Waals surface area contributed by atoms with E-state index in [0.29, 0.717) is 10.0 Å². The van der Waals surface area contributed by atoms with Crippen LogP contribution >= 0.6 is 15.9 Å². The third-order valence-electron chi connectivity index (χ3n) is 3.87. The van der Waals surface area contributed by atoms with E-state index >= 15 is 0 Å². The van der Waals surface area contributed by atoms with Gasteiger partial charge in [-0.3, -0.25) is 14.9 Å². The van der Waals surface area contributed by atoms with E-state index in [-0.39, 0.29) is 12.1 Å². The van der Waals surface area contributed by atoms with Gasteiger partial charge in [-0.25, -0.2) is 4.79 Å². The predicted octanol–water partition coefficient (Wildman–Crippen LogP) is 1.65. The lowest BCUT2D eigenvalue weighted by Gasteiger charge is -2.27. The number of carbonyl (C=O) groups is 2. The summed E-state index contributed by atoms with van der Waals surface area (Å²) in [7, 11) is 0. The van der Waals surface area contributed by atoms with Crippen LogP contribution in [0.15, 0.2) is 51.9 Å². The average molecular weight is 376 g/mol. The number of carbonyl (C=O) groups excluding carboxylic acids is 2. The normalized spacial score (nSPS) is 20.3. The fourth-order valence-corrected chi connectivity index (χ4v) is 3.00. The number of aromatic nitrogens is 1. The Morgan fingerprint density at radius 2 is 1.83 bits per heavy atom. The number of nitrogens with one attached hydrogen (secondary N) is 2. The molecule has 2 heterocycles. The first kappa shape index (κ1) is 15.5. The molecule has 118 valence electrons. The quantitative estimate of drug-likeness (QED) is 0.800. The molecule has 0 radical (unpaired) electrons. The summed E-state index contributed by atoms with van der Waals surface area (Å²) >= 11 is 3.18. The molecule has 3 rings (SSSR count). The Balaban J connectivity index is 2.12. The summed E-state index contributed by atoms with van der Waals surface area (Å²) in [6.45, 7) is 1.94. The van der Waals surface area contributed by atoms with Crippen molar-refractivity contribution in [1.29, 1.82) is 0 Å². The molecular formula is C16H14BrN3O3. The third-order valence-corrected chi connectivity index (χ3v) is 4.47. The highest BCUT2D eigenvalue weighted by molar-refractivity contribution is 9.10. The van der Waals surface area contributed by atoms with Crippen LogP contribution in [0.3, 0.4) is 0 Å². The van der Waals surface area contributed by atoms with Crippen molar-refractivity contribution in [2.75, 3.05) is 0 Å². The number of pyridine rings is 1. The van der Waals surface area contributed by atoms with E-state index in [1.807, 2.05) is 19.1 Å². The minimum Gasteiger partial charge on any atom is -0.318 e. The van der Waals surface area contributed by atoms with E-state index in [9.17, 15) is 14.4 Å². The lowest BCUT2D eigenvalue weighted by atomic mass is 9.89. The van der Waals surface area contributed by atoms with Crippen LogP contribution in [-0.4, -0.2) is 16.5 Å². The predicted molar refractivity (Wildman–Crippen MR) is 87.9 cm³/mol. The lowest BCUT2D eigenvalue weighted by Crippen LogP contribution is -2.49. The summed E-state index contributed by atoms with van der Waals surface area (Å²) in [5.74, 6) is -0.474. The number of imide groups is 1. The van der Waals surface area contributed by atoms with E-state index in [1.54, 1.807) is 30.5 Å². The molecule has 0 saturated carbocycles. The number of aryl methyl sites for hydroxylation is 1. The molecule has 2 aromatic rings. The summed E-state index contributed by atoms with van der Waals surface area (Å²) in [6.07, 6.45) is 1.58. The molecule has 7 heteroatoms. The van der Waals surface area contributed by atoms with Gasteiger partial charge in [-0.1, -0.05) is 29.8 Å². The molecule has 2 N–H and O–H groups in total. The smallest absolute Gasteiger partial charge is 0.318 e. The monoisotopic (exact) mass is 375 g/mol. The highest BCUT2D eigenvalue weighted by Crippen LogP contribution is 2.27. The number of nitrogens with zero attached hydrogens (tertiary/aromatic N) is 1. The van der Waals surface area contributed by atoms with Crippen molar-refractivity contribution >= 4 is 27.9 Å². The van der Waals surface area contributed by atoms with Crippen molar-refractivity contribution in [1.82, 2.24) is 15.2 Å². The minimum absolute atomic E-state index is 0.00586. The molecular weight excluding hydrogens is 362 g/mol. The zero-order valence-electron chi connectivity index (χ0n) is 12.3. The van der Waals surface area contributed by atoms with Crippen molar-refractivity contribution in [3.8, 4) is 0 Å². The van der Waals surface area contributed by atoms with Crippen LogP contribution in [-0.2, 0) is 16.9 Å². The Morgan fingerprint density at radius 1 is 1.13 bits per heavy atom. The molecule has 1 aromatic heterocycles. The van der Waals surface area contributed by atoms with Crippen LogP contribution in [0.4, 0.5) is 4.79 Å². The van der Waals surface area contributed by atoms with Gasteiger partial charge in [0.2, 0.25) is 0 Å². The summed E-state index contributed by atoms with van der Waals surface area (Å²) in [4.78, 5) is 36.4. The van der Waals surface area contributed by atoms with Gasteiger partial charge in [0.25, 0.3) is 11.5 Å². The lowest BCUT2D eigenvalue weighted by molar-refractivity contribution is -0.124. The SMILES string of the molecule is Cc1ccc(C2(Cn3cccc(Br)c3=O)NC(=O)NC2=O)cc1. The molecule has 1 aliphatic rings. The molecule has 23 heavy (non-hydrogen) atoms. The van der Waals surface area contributed by atoms with Gasteiger partial charge in [0.05, 0.1) is 11.0 Å². The number of rotatable bonds is 3. The number of amides is 3. The van der Waals surface area contributed by atoms with Crippen LogP contribution in [0.1, 0.15) is 11.1 Å². The number of benzene rings is 1. The van der Waals surface area contributed by atoms with Crippen LogP contribution in [0.2, 0.25) is 0 Å². The Bertz CT molecular complexity index is 844. The van der Waals surface area contributed by atoms with Gasteiger partial charge in [0, 0.05) is 6.20 Å². The van der Waals surface area contributed by atoms with Gasteiger partial charge < -0.3 is 9.88 Å². The van der Waals surface area contributed by atoms with Gasteiger partial charge in [-0.05, 0) is 40.5 Å². The molecule has 6 nitrogen and oxygen atoms in total. The number of hydrogen-bond donors (Lipinski definition) is 2. The summed E-state index contributed by atoms with van der Waals surface area (Å²) < 4.78 is 1.79.